The number of esters is 2. The van der Waals surface area contributed by atoms with Crippen LogP contribution in [0.4, 0.5) is 11.4 Å². The summed E-state index contributed by atoms with van der Waals surface area (Å²) in [4.78, 5) is 50.5. The van der Waals surface area contributed by atoms with E-state index in [9.17, 15) is 19.2 Å². The molecule has 32 heavy (non-hydrogen) atoms. The molecule has 2 aromatic rings. The van der Waals surface area contributed by atoms with E-state index in [2.05, 4.69) is 5.32 Å². The lowest BCUT2D eigenvalue weighted by atomic mass is 10.2. The molecular formula is C23H21ClN2O6. The lowest BCUT2D eigenvalue weighted by molar-refractivity contribution is -0.120. The standard InChI is InChI=1S/C23H21ClN2O6/c1-4-31-22(29)14-8-10-16(11-9-14)25-19-18(24)20(27)26(21(19)28)17-7-5-6-15(12-17)23(30)32-13(2)3/h5-13,25H,4H2,1-3H3. The second-order valence-corrected chi connectivity index (χ2v) is 7.44. The number of imide groups is 1. The fraction of sp³-hybridized carbons (Fsp3) is 0.217. The van der Waals surface area contributed by atoms with Crippen molar-refractivity contribution in [2.45, 2.75) is 26.9 Å². The number of nitrogens with zero attached hydrogens (tertiary/aromatic N) is 1. The van der Waals surface area contributed by atoms with Crippen molar-refractivity contribution in [1.82, 2.24) is 0 Å². The fourth-order valence-corrected chi connectivity index (χ4v) is 3.16. The Morgan fingerprint density at radius 2 is 1.69 bits per heavy atom. The molecule has 0 aliphatic carbocycles. The van der Waals surface area contributed by atoms with E-state index in [1.807, 2.05) is 0 Å². The number of rotatable bonds is 7. The molecule has 0 saturated carbocycles. The third-order valence-electron chi connectivity index (χ3n) is 4.38. The summed E-state index contributed by atoms with van der Waals surface area (Å²) in [5, 5.41) is 2.53. The minimum Gasteiger partial charge on any atom is -0.462 e. The minimum atomic E-state index is -0.725. The number of carbonyl (C=O) groups is 4. The number of hydrogen-bond acceptors (Lipinski definition) is 7. The van der Waals surface area contributed by atoms with Gasteiger partial charge in [0.1, 0.15) is 10.7 Å². The van der Waals surface area contributed by atoms with Gasteiger partial charge in [-0.15, -0.1) is 0 Å². The number of hydrogen-bond donors (Lipinski definition) is 1. The third kappa shape index (κ3) is 4.81. The highest BCUT2D eigenvalue weighted by Gasteiger charge is 2.39. The first kappa shape index (κ1) is 23.0. The molecule has 1 heterocycles. The molecule has 2 amide bonds. The highest BCUT2D eigenvalue weighted by molar-refractivity contribution is 6.53. The summed E-state index contributed by atoms with van der Waals surface area (Å²) in [5.74, 6) is -2.44. The first-order valence-electron chi connectivity index (χ1n) is 9.86. The Kier molecular flexibility index (Phi) is 6.95. The summed E-state index contributed by atoms with van der Waals surface area (Å²) in [5.41, 5.74) is 1.06. The second-order valence-electron chi connectivity index (χ2n) is 7.06. The predicted octanol–water partition coefficient (Wildman–Crippen LogP) is 3.86. The molecule has 8 nitrogen and oxygen atoms in total. The first-order chi connectivity index (χ1) is 15.2. The van der Waals surface area contributed by atoms with Crippen molar-refractivity contribution in [3.05, 3.63) is 70.4 Å². The number of carbonyl (C=O) groups excluding carboxylic acids is 4. The van der Waals surface area contributed by atoms with Crippen LogP contribution in [0, 0.1) is 0 Å². The summed E-state index contributed by atoms with van der Waals surface area (Å²) in [6.45, 7) is 5.40. The molecule has 2 aromatic carbocycles. The van der Waals surface area contributed by atoms with Crippen molar-refractivity contribution in [3.63, 3.8) is 0 Å². The number of halogens is 1. The van der Waals surface area contributed by atoms with Crippen LogP contribution in [-0.4, -0.2) is 36.5 Å². The zero-order valence-corrected chi connectivity index (χ0v) is 18.4. The van der Waals surface area contributed by atoms with Gasteiger partial charge in [-0.3, -0.25) is 9.59 Å². The minimum absolute atomic E-state index is 0.115. The largest absolute Gasteiger partial charge is 0.462 e. The van der Waals surface area contributed by atoms with Crippen LogP contribution < -0.4 is 10.2 Å². The van der Waals surface area contributed by atoms with Crippen LogP contribution in [0.25, 0.3) is 0 Å². The first-order valence-corrected chi connectivity index (χ1v) is 10.2. The zero-order valence-electron chi connectivity index (χ0n) is 17.7. The monoisotopic (exact) mass is 456 g/mol. The summed E-state index contributed by atoms with van der Waals surface area (Å²) in [6, 6.07) is 12.2. The zero-order chi connectivity index (χ0) is 23.4. The molecule has 166 valence electrons. The summed E-state index contributed by atoms with van der Waals surface area (Å²) in [7, 11) is 0. The Morgan fingerprint density at radius 3 is 2.31 bits per heavy atom. The number of benzene rings is 2. The average Bonchev–Trinajstić information content (AvgIpc) is 2.97. The number of amides is 2. The van der Waals surface area contributed by atoms with Crippen LogP contribution in [-0.2, 0) is 19.1 Å². The highest BCUT2D eigenvalue weighted by atomic mass is 35.5. The van der Waals surface area contributed by atoms with E-state index in [4.69, 9.17) is 21.1 Å². The van der Waals surface area contributed by atoms with Crippen LogP contribution in [0.15, 0.2) is 59.3 Å². The van der Waals surface area contributed by atoms with Gasteiger partial charge in [-0.25, -0.2) is 14.5 Å². The average molecular weight is 457 g/mol. The van der Waals surface area contributed by atoms with Gasteiger partial charge in [-0.2, -0.15) is 0 Å². The van der Waals surface area contributed by atoms with Gasteiger partial charge in [-0.05, 0) is 63.2 Å². The highest BCUT2D eigenvalue weighted by Crippen LogP contribution is 2.30. The molecular weight excluding hydrogens is 436 g/mol. The van der Waals surface area contributed by atoms with E-state index in [-0.39, 0.29) is 34.7 Å². The Morgan fingerprint density at radius 1 is 1.00 bits per heavy atom. The van der Waals surface area contributed by atoms with Gasteiger partial charge in [0.2, 0.25) is 0 Å². The maximum atomic E-state index is 13.0. The normalized spacial score (nSPS) is 13.6. The number of ether oxygens (including phenoxy) is 2. The van der Waals surface area contributed by atoms with Gasteiger partial charge in [0.25, 0.3) is 11.8 Å². The topological polar surface area (TPSA) is 102 Å². The molecule has 0 atom stereocenters. The van der Waals surface area contributed by atoms with E-state index in [1.54, 1.807) is 39.0 Å². The molecule has 0 bridgehead atoms. The molecule has 3 rings (SSSR count). The van der Waals surface area contributed by atoms with E-state index in [0.717, 1.165) is 4.90 Å². The summed E-state index contributed by atoms with van der Waals surface area (Å²) < 4.78 is 10.1. The van der Waals surface area contributed by atoms with E-state index >= 15 is 0 Å². The van der Waals surface area contributed by atoms with Gasteiger partial charge in [0.05, 0.1) is 29.5 Å². The van der Waals surface area contributed by atoms with Crippen molar-refractivity contribution >= 4 is 46.7 Å². The molecule has 0 saturated heterocycles. The van der Waals surface area contributed by atoms with Crippen LogP contribution in [0.3, 0.4) is 0 Å². The Hall–Kier alpha value is -3.65. The summed E-state index contributed by atoms with van der Waals surface area (Å²) >= 11 is 6.15. The van der Waals surface area contributed by atoms with Crippen molar-refractivity contribution in [2.75, 3.05) is 16.8 Å². The maximum absolute atomic E-state index is 13.0. The molecule has 0 radical (unpaired) electrons. The fourth-order valence-electron chi connectivity index (χ4n) is 2.95. The molecule has 0 unspecified atom stereocenters. The Bertz CT molecular complexity index is 1110. The van der Waals surface area contributed by atoms with E-state index in [1.165, 1.54) is 30.3 Å². The van der Waals surface area contributed by atoms with Crippen molar-refractivity contribution in [1.29, 1.82) is 0 Å². The van der Waals surface area contributed by atoms with Gasteiger partial charge in [0, 0.05) is 5.69 Å². The van der Waals surface area contributed by atoms with Crippen LogP contribution in [0.2, 0.25) is 0 Å². The van der Waals surface area contributed by atoms with Crippen molar-refractivity contribution in [3.8, 4) is 0 Å². The molecule has 1 aliphatic heterocycles. The quantitative estimate of drug-likeness (QED) is 0.498. The molecule has 1 aliphatic rings. The third-order valence-corrected chi connectivity index (χ3v) is 4.73. The lowest BCUT2D eigenvalue weighted by Gasteiger charge is -2.16. The van der Waals surface area contributed by atoms with Gasteiger partial charge < -0.3 is 14.8 Å². The molecule has 0 spiro atoms. The predicted molar refractivity (Wildman–Crippen MR) is 118 cm³/mol. The van der Waals surface area contributed by atoms with E-state index < -0.39 is 23.8 Å². The Labute approximate surface area is 189 Å². The molecule has 0 aromatic heterocycles. The molecule has 0 fully saturated rings. The SMILES string of the molecule is CCOC(=O)c1ccc(NC2=C(Cl)C(=O)N(c3cccc(C(=O)OC(C)C)c3)C2=O)cc1. The van der Waals surface area contributed by atoms with Gasteiger partial charge in [0.15, 0.2) is 0 Å². The number of nitrogens with one attached hydrogen (secondary N) is 1. The van der Waals surface area contributed by atoms with Gasteiger partial charge in [-0.1, -0.05) is 17.7 Å². The van der Waals surface area contributed by atoms with Crippen LogP contribution in [0.1, 0.15) is 41.5 Å². The van der Waals surface area contributed by atoms with Crippen LogP contribution >= 0.6 is 11.6 Å². The molecule has 9 heteroatoms. The second kappa shape index (κ2) is 9.65. The van der Waals surface area contributed by atoms with Crippen LogP contribution in [0.5, 0.6) is 0 Å². The van der Waals surface area contributed by atoms with Crippen molar-refractivity contribution in [2.24, 2.45) is 0 Å². The number of anilines is 2. The van der Waals surface area contributed by atoms with Gasteiger partial charge >= 0.3 is 11.9 Å². The molecule has 1 N–H and O–H groups in total. The lowest BCUT2D eigenvalue weighted by Crippen LogP contribution is -2.32. The maximum Gasteiger partial charge on any atom is 0.338 e. The Balaban J connectivity index is 1.81. The smallest absolute Gasteiger partial charge is 0.338 e. The summed E-state index contributed by atoms with van der Waals surface area (Å²) in [6.07, 6.45) is -0.316. The van der Waals surface area contributed by atoms with Crippen molar-refractivity contribution < 1.29 is 28.7 Å². The van der Waals surface area contributed by atoms with E-state index in [0.29, 0.717) is 11.3 Å².